The molecule has 8 heteroatoms. The third kappa shape index (κ3) is 4.86. The van der Waals surface area contributed by atoms with Gasteiger partial charge in [0.25, 0.3) is 11.8 Å². The average Bonchev–Trinajstić information content (AvgIpc) is 3.34. The molecule has 0 unspecified atom stereocenters. The Balaban J connectivity index is 1.41. The molecule has 162 valence electrons. The van der Waals surface area contributed by atoms with Crippen LogP contribution in [0.2, 0.25) is 0 Å². The lowest BCUT2D eigenvalue weighted by Gasteiger charge is -2.10. The maximum absolute atomic E-state index is 12.3. The van der Waals surface area contributed by atoms with Crippen molar-refractivity contribution < 1.29 is 23.5 Å². The molecule has 0 aliphatic rings. The van der Waals surface area contributed by atoms with Crippen molar-refractivity contribution in [3.8, 4) is 40.1 Å². The van der Waals surface area contributed by atoms with Gasteiger partial charge in [-0.2, -0.15) is 4.98 Å². The first-order chi connectivity index (χ1) is 15.7. The molecule has 0 spiro atoms. The molecule has 0 fully saturated rings. The zero-order valence-electron chi connectivity index (χ0n) is 17.6. The minimum Gasteiger partial charge on any atom is -0.497 e. The number of nitrogens with zero attached hydrogens (tertiary/aromatic N) is 2. The second-order valence-corrected chi connectivity index (χ2v) is 6.72. The van der Waals surface area contributed by atoms with Crippen LogP contribution in [0.15, 0.2) is 77.3 Å². The quantitative estimate of drug-likeness (QED) is 0.441. The standard InChI is InChI=1S/C24H21N3O5/c1-29-18-12-10-16(11-13-18)23-26-24(32-27-23)17-6-5-7-19(14-17)31-15-22(28)25-20-8-3-4-9-21(20)30-2/h3-14H,15H2,1-2H3,(H,25,28). The van der Waals surface area contributed by atoms with Gasteiger partial charge in [0.1, 0.15) is 17.2 Å². The van der Waals surface area contributed by atoms with Crippen LogP contribution in [-0.2, 0) is 4.79 Å². The number of carbonyl (C=O) groups excluding carboxylic acids is 1. The summed E-state index contributed by atoms with van der Waals surface area (Å²) in [4.78, 5) is 16.7. The lowest BCUT2D eigenvalue weighted by molar-refractivity contribution is -0.118. The molecule has 1 heterocycles. The summed E-state index contributed by atoms with van der Waals surface area (Å²) in [5.74, 6) is 2.33. The predicted octanol–water partition coefficient (Wildman–Crippen LogP) is 4.44. The van der Waals surface area contributed by atoms with E-state index >= 15 is 0 Å². The molecule has 3 aromatic carbocycles. The van der Waals surface area contributed by atoms with Gasteiger partial charge in [0, 0.05) is 11.1 Å². The summed E-state index contributed by atoms with van der Waals surface area (Å²) in [5.41, 5.74) is 2.07. The molecule has 0 saturated carbocycles. The molecule has 1 amide bonds. The summed E-state index contributed by atoms with van der Waals surface area (Å²) in [6.07, 6.45) is 0. The molecule has 0 bridgehead atoms. The largest absolute Gasteiger partial charge is 0.497 e. The Labute approximate surface area is 184 Å². The fourth-order valence-electron chi connectivity index (χ4n) is 3.00. The number of hydrogen-bond acceptors (Lipinski definition) is 7. The third-order valence-electron chi connectivity index (χ3n) is 4.61. The van der Waals surface area contributed by atoms with Crippen LogP contribution >= 0.6 is 0 Å². The molecule has 8 nitrogen and oxygen atoms in total. The number of para-hydroxylation sites is 2. The van der Waals surface area contributed by atoms with Crippen molar-refractivity contribution in [3.05, 3.63) is 72.8 Å². The Kier molecular flexibility index (Phi) is 6.31. The highest BCUT2D eigenvalue weighted by molar-refractivity contribution is 5.93. The van der Waals surface area contributed by atoms with Crippen LogP contribution in [0.5, 0.6) is 17.2 Å². The summed E-state index contributed by atoms with van der Waals surface area (Å²) in [7, 11) is 3.16. The minimum absolute atomic E-state index is 0.164. The first kappa shape index (κ1) is 20.9. The summed E-state index contributed by atoms with van der Waals surface area (Å²) < 4.78 is 21.4. The smallest absolute Gasteiger partial charge is 0.262 e. The van der Waals surface area contributed by atoms with Crippen molar-refractivity contribution in [3.63, 3.8) is 0 Å². The van der Waals surface area contributed by atoms with Gasteiger partial charge in [-0.3, -0.25) is 4.79 Å². The topological polar surface area (TPSA) is 95.7 Å². The molecule has 0 aliphatic heterocycles. The molecule has 32 heavy (non-hydrogen) atoms. The Morgan fingerprint density at radius 1 is 0.906 bits per heavy atom. The molecular weight excluding hydrogens is 410 g/mol. The van der Waals surface area contributed by atoms with E-state index in [-0.39, 0.29) is 12.5 Å². The van der Waals surface area contributed by atoms with Gasteiger partial charge in [0.05, 0.1) is 19.9 Å². The van der Waals surface area contributed by atoms with E-state index in [1.165, 1.54) is 0 Å². The summed E-state index contributed by atoms with van der Waals surface area (Å²) in [5, 5.41) is 6.81. The van der Waals surface area contributed by atoms with Crippen molar-refractivity contribution in [2.45, 2.75) is 0 Å². The number of carbonyl (C=O) groups is 1. The zero-order chi connectivity index (χ0) is 22.3. The lowest BCUT2D eigenvalue weighted by Crippen LogP contribution is -2.20. The Morgan fingerprint density at radius 2 is 1.72 bits per heavy atom. The maximum atomic E-state index is 12.3. The van der Waals surface area contributed by atoms with E-state index in [9.17, 15) is 4.79 Å². The van der Waals surface area contributed by atoms with Crippen LogP contribution in [0, 0.1) is 0 Å². The molecule has 0 saturated heterocycles. The summed E-state index contributed by atoms with van der Waals surface area (Å²) >= 11 is 0. The van der Waals surface area contributed by atoms with E-state index in [4.69, 9.17) is 18.7 Å². The van der Waals surface area contributed by atoms with Crippen LogP contribution in [0.1, 0.15) is 0 Å². The van der Waals surface area contributed by atoms with Crippen molar-refractivity contribution in [2.24, 2.45) is 0 Å². The van der Waals surface area contributed by atoms with Gasteiger partial charge >= 0.3 is 0 Å². The number of aromatic nitrogens is 2. The van der Waals surface area contributed by atoms with E-state index < -0.39 is 0 Å². The molecule has 4 aromatic rings. The number of nitrogens with one attached hydrogen (secondary N) is 1. The summed E-state index contributed by atoms with van der Waals surface area (Å²) in [6.45, 7) is -0.164. The van der Waals surface area contributed by atoms with Crippen molar-refractivity contribution in [1.29, 1.82) is 0 Å². The Hall–Kier alpha value is -4.33. The van der Waals surface area contributed by atoms with Crippen molar-refractivity contribution >= 4 is 11.6 Å². The lowest BCUT2D eigenvalue weighted by atomic mass is 10.2. The monoisotopic (exact) mass is 431 g/mol. The van der Waals surface area contributed by atoms with Gasteiger partial charge in [-0.05, 0) is 54.6 Å². The number of methoxy groups -OCH3 is 2. The average molecular weight is 431 g/mol. The molecular formula is C24H21N3O5. The highest BCUT2D eigenvalue weighted by Gasteiger charge is 2.13. The molecule has 0 atom stereocenters. The van der Waals surface area contributed by atoms with E-state index in [0.717, 1.165) is 11.3 Å². The van der Waals surface area contributed by atoms with E-state index in [2.05, 4.69) is 15.5 Å². The SMILES string of the molecule is COc1ccc(-c2noc(-c3cccc(OCC(=O)Nc4ccccc4OC)c3)n2)cc1. The van der Waals surface area contributed by atoms with Gasteiger partial charge in [0.2, 0.25) is 5.82 Å². The van der Waals surface area contributed by atoms with Gasteiger partial charge in [0.15, 0.2) is 6.61 Å². The molecule has 1 aromatic heterocycles. The van der Waals surface area contributed by atoms with Crippen molar-refractivity contribution in [2.75, 3.05) is 26.1 Å². The van der Waals surface area contributed by atoms with Gasteiger partial charge in [-0.25, -0.2) is 0 Å². The van der Waals surface area contributed by atoms with Gasteiger partial charge in [-0.15, -0.1) is 0 Å². The van der Waals surface area contributed by atoms with Crippen LogP contribution in [0.25, 0.3) is 22.8 Å². The van der Waals surface area contributed by atoms with Crippen LogP contribution in [-0.4, -0.2) is 36.9 Å². The highest BCUT2D eigenvalue weighted by atomic mass is 16.5. The number of anilines is 1. The van der Waals surface area contributed by atoms with Crippen LogP contribution < -0.4 is 19.5 Å². The van der Waals surface area contributed by atoms with Gasteiger partial charge in [-0.1, -0.05) is 23.4 Å². The normalized spacial score (nSPS) is 10.4. The van der Waals surface area contributed by atoms with Gasteiger partial charge < -0.3 is 24.1 Å². The summed E-state index contributed by atoms with van der Waals surface area (Å²) in [6, 6.07) is 21.6. The fourth-order valence-corrected chi connectivity index (χ4v) is 3.00. The molecule has 4 rings (SSSR count). The number of amides is 1. The number of hydrogen-bond donors (Lipinski definition) is 1. The van der Waals surface area contributed by atoms with Crippen LogP contribution in [0.3, 0.4) is 0 Å². The van der Waals surface area contributed by atoms with Crippen molar-refractivity contribution in [1.82, 2.24) is 10.1 Å². The fraction of sp³-hybridized carbons (Fsp3) is 0.125. The number of rotatable bonds is 8. The number of ether oxygens (including phenoxy) is 3. The first-order valence-electron chi connectivity index (χ1n) is 9.80. The Bertz CT molecular complexity index is 1200. The highest BCUT2D eigenvalue weighted by Crippen LogP contribution is 2.26. The number of benzene rings is 3. The van der Waals surface area contributed by atoms with E-state index in [1.54, 1.807) is 44.6 Å². The second-order valence-electron chi connectivity index (χ2n) is 6.72. The maximum Gasteiger partial charge on any atom is 0.262 e. The van der Waals surface area contributed by atoms with Crippen LogP contribution in [0.4, 0.5) is 5.69 Å². The minimum atomic E-state index is -0.306. The zero-order valence-corrected chi connectivity index (χ0v) is 17.6. The molecule has 1 N–H and O–H groups in total. The van der Waals surface area contributed by atoms with E-state index in [1.807, 2.05) is 42.5 Å². The molecule has 0 radical (unpaired) electrons. The second kappa shape index (κ2) is 9.65. The predicted molar refractivity (Wildman–Crippen MR) is 119 cm³/mol. The first-order valence-corrected chi connectivity index (χ1v) is 9.80. The van der Waals surface area contributed by atoms with E-state index in [0.29, 0.717) is 34.5 Å². The molecule has 0 aliphatic carbocycles. The Morgan fingerprint density at radius 3 is 2.50 bits per heavy atom. The third-order valence-corrected chi connectivity index (χ3v) is 4.61.